The first-order chi connectivity index (χ1) is 10.1. The SMILES string of the molecule is CC1C2c3ccccc3Cc3cc(Br)ccc3N2CN1C. The van der Waals surface area contributed by atoms with Crippen LogP contribution in [0.5, 0.6) is 0 Å². The Labute approximate surface area is 134 Å². The van der Waals surface area contributed by atoms with Crippen molar-refractivity contribution in [1.82, 2.24) is 4.90 Å². The van der Waals surface area contributed by atoms with E-state index in [-0.39, 0.29) is 0 Å². The van der Waals surface area contributed by atoms with Crippen LogP contribution >= 0.6 is 15.9 Å². The van der Waals surface area contributed by atoms with E-state index >= 15 is 0 Å². The Morgan fingerprint density at radius 2 is 1.90 bits per heavy atom. The summed E-state index contributed by atoms with van der Waals surface area (Å²) in [6, 6.07) is 16.6. The smallest absolute Gasteiger partial charge is 0.0715 e. The summed E-state index contributed by atoms with van der Waals surface area (Å²) in [4.78, 5) is 5.01. The zero-order valence-electron chi connectivity index (χ0n) is 12.4. The number of fused-ring (bicyclic) bond motifs is 5. The van der Waals surface area contributed by atoms with E-state index in [2.05, 4.69) is 82.2 Å². The van der Waals surface area contributed by atoms with Crippen LogP contribution in [0.2, 0.25) is 0 Å². The molecule has 4 rings (SSSR count). The molecular formula is C18H19BrN2. The summed E-state index contributed by atoms with van der Waals surface area (Å²) in [6.07, 6.45) is 1.02. The number of nitrogens with zero attached hydrogens (tertiary/aromatic N) is 2. The Bertz CT molecular complexity index is 697. The van der Waals surface area contributed by atoms with Gasteiger partial charge in [0.1, 0.15) is 0 Å². The van der Waals surface area contributed by atoms with Crippen LogP contribution in [0.3, 0.4) is 0 Å². The van der Waals surface area contributed by atoms with Gasteiger partial charge in [-0.3, -0.25) is 4.90 Å². The Balaban J connectivity index is 1.95. The normalized spacial score (nSPS) is 24.2. The number of halogens is 1. The summed E-state index contributed by atoms with van der Waals surface area (Å²) in [5, 5.41) is 0. The van der Waals surface area contributed by atoms with Gasteiger partial charge in [-0.1, -0.05) is 40.2 Å². The topological polar surface area (TPSA) is 6.48 Å². The highest BCUT2D eigenvalue weighted by Gasteiger charge is 2.39. The molecule has 0 radical (unpaired) electrons. The monoisotopic (exact) mass is 342 g/mol. The van der Waals surface area contributed by atoms with Gasteiger partial charge in [0.15, 0.2) is 0 Å². The van der Waals surface area contributed by atoms with Crippen molar-refractivity contribution in [2.24, 2.45) is 0 Å². The molecule has 0 aliphatic carbocycles. The number of likely N-dealkylation sites (N-methyl/N-ethyl adjacent to an activating group) is 1. The summed E-state index contributed by atoms with van der Waals surface area (Å²) in [5.74, 6) is 0. The highest BCUT2D eigenvalue weighted by atomic mass is 79.9. The van der Waals surface area contributed by atoms with Crippen LogP contribution in [0.4, 0.5) is 5.69 Å². The first kappa shape index (κ1) is 13.4. The maximum absolute atomic E-state index is 3.62. The van der Waals surface area contributed by atoms with Gasteiger partial charge < -0.3 is 4.90 Å². The maximum atomic E-state index is 3.62. The Morgan fingerprint density at radius 1 is 1.10 bits per heavy atom. The van der Waals surface area contributed by atoms with E-state index in [4.69, 9.17) is 0 Å². The van der Waals surface area contributed by atoms with E-state index in [1.54, 1.807) is 0 Å². The van der Waals surface area contributed by atoms with E-state index in [0.29, 0.717) is 12.1 Å². The molecule has 0 saturated carbocycles. The summed E-state index contributed by atoms with van der Waals surface area (Å²) in [7, 11) is 2.22. The molecule has 2 aliphatic heterocycles. The van der Waals surface area contributed by atoms with Crippen LogP contribution < -0.4 is 4.90 Å². The lowest BCUT2D eigenvalue weighted by atomic mass is 9.94. The van der Waals surface area contributed by atoms with E-state index in [0.717, 1.165) is 17.6 Å². The molecule has 2 unspecified atom stereocenters. The summed E-state index contributed by atoms with van der Waals surface area (Å²) < 4.78 is 1.16. The highest BCUT2D eigenvalue weighted by molar-refractivity contribution is 9.10. The van der Waals surface area contributed by atoms with Gasteiger partial charge >= 0.3 is 0 Å². The second kappa shape index (κ2) is 4.85. The lowest BCUT2D eigenvalue weighted by Crippen LogP contribution is -2.26. The van der Waals surface area contributed by atoms with Crippen molar-refractivity contribution in [1.29, 1.82) is 0 Å². The third-order valence-corrected chi connectivity index (χ3v) is 5.46. The van der Waals surface area contributed by atoms with Gasteiger partial charge in [0, 0.05) is 16.2 Å². The van der Waals surface area contributed by atoms with Crippen LogP contribution in [0.1, 0.15) is 29.7 Å². The van der Waals surface area contributed by atoms with E-state index in [1.807, 2.05) is 0 Å². The van der Waals surface area contributed by atoms with Gasteiger partial charge in [-0.25, -0.2) is 0 Å². The molecule has 0 aromatic heterocycles. The summed E-state index contributed by atoms with van der Waals surface area (Å²) in [5.41, 5.74) is 5.76. The molecule has 0 N–H and O–H groups in total. The molecule has 2 aromatic carbocycles. The van der Waals surface area contributed by atoms with Crippen molar-refractivity contribution < 1.29 is 0 Å². The summed E-state index contributed by atoms with van der Waals surface area (Å²) >= 11 is 3.62. The van der Waals surface area contributed by atoms with Gasteiger partial charge in [0.05, 0.1) is 12.7 Å². The maximum Gasteiger partial charge on any atom is 0.0715 e. The average Bonchev–Trinajstić information content (AvgIpc) is 2.68. The minimum atomic E-state index is 0.452. The lowest BCUT2D eigenvalue weighted by molar-refractivity contribution is 0.317. The predicted octanol–water partition coefficient (Wildman–Crippen LogP) is 4.19. The standard InChI is InChI=1S/C18H19BrN2/c1-12-18-16-6-4-3-5-13(16)9-14-10-15(19)7-8-17(14)21(18)11-20(12)2/h3-8,10,12,18H,9,11H2,1-2H3. The molecule has 0 bridgehead atoms. The predicted molar refractivity (Wildman–Crippen MR) is 90.7 cm³/mol. The van der Waals surface area contributed by atoms with Crippen molar-refractivity contribution in [3.63, 3.8) is 0 Å². The van der Waals surface area contributed by atoms with Crippen LogP contribution in [-0.4, -0.2) is 24.7 Å². The van der Waals surface area contributed by atoms with Crippen LogP contribution in [0, 0.1) is 0 Å². The molecule has 2 atom stereocenters. The Kier molecular flexibility index (Phi) is 3.09. The number of rotatable bonds is 0. The fraction of sp³-hybridized carbons (Fsp3) is 0.333. The minimum Gasteiger partial charge on any atom is -0.350 e. The van der Waals surface area contributed by atoms with Crippen molar-refractivity contribution in [2.75, 3.05) is 18.6 Å². The van der Waals surface area contributed by atoms with Crippen LogP contribution in [0.25, 0.3) is 0 Å². The molecule has 108 valence electrons. The van der Waals surface area contributed by atoms with Gasteiger partial charge in [-0.2, -0.15) is 0 Å². The first-order valence-electron chi connectivity index (χ1n) is 7.48. The second-order valence-corrected chi connectivity index (χ2v) is 7.12. The molecular weight excluding hydrogens is 324 g/mol. The van der Waals surface area contributed by atoms with Crippen LogP contribution in [0.15, 0.2) is 46.9 Å². The zero-order chi connectivity index (χ0) is 14.6. The highest BCUT2D eigenvalue weighted by Crippen LogP contribution is 2.43. The van der Waals surface area contributed by atoms with Crippen molar-refractivity contribution in [2.45, 2.75) is 25.4 Å². The molecule has 1 fully saturated rings. The number of anilines is 1. The minimum absolute atomic E-state index is 0.452. The Hall–Kier alpha value is -1.32. The largest absolute Gasteiger partial charge is 0.350 e. The van der Waals surface area contributed by atoms with Gasteiger partial charge in [0.25, 0.3) is 0 Å². The van der Waals surface area contributed by atoms with E-state index in [1.165, 1.54) is 22.4 Å². The fourth-order valence-electron chi connectivity index (χ4n) is 3.78. The molecule has 3 heteroatoms. The van der Waals surface area contributed by atoms with Crippen molar-refractivity contribution in [3.05, 3.63) is 63.6 Å². The zero-order valence-corrected chi connectivity index (χ0v) is 14.0. The number of hydrogen-bond donors (Lipinski definition) is 0. The molecule has 0 spiro atoms. The molecule has 2 nitrogen and oxygen atoms in total. The number of benzene rings is 2. The Morgan fingerprint density at radius 3 is 2.76 bits per heavy atom. The van der Waals surface area contributed by atoms with Gasteiger partial charge in [-0.05, 0) is 55.3 Å². The lowest BCUT2D eigenvalue weighted by Gasteiger charge is -2.28. The molecule has 1 saturated heterocycles. The number of hydrogen-bond acceptors (Lipinski definition) is 2. The second-order valence-electron chi connectivity index (χ2n) is 6.20. The molecule has 0 amide bonds. The molecule has 21 heavy (non-hydrogen) atoms. The van der Waals surface area contributed by atoms with Crippen molar-refractivity contribution >= 4 is 21.6 Å². The molecule has 2 aliphatic rings. The van der Waals surface area contributed by atoms with Crippen LogP contribution in [-0.2, 0) is 6.42 Å². The quantitative estimate of drug-likeness (QED) is 0.708. The van der Waals surface area contributed by atoms with E-state index in [9.17, 15) is 0 Å². The molecule has 2 heterocycles. The van der Waals surface area contributed by atoms with Gasteiger partial charge in [-0.15, -0.1) is 0 Å². The van der Waals surface area contributed by atoms with Crippen molar-refractivity contribution in [3.8, 4) is 0 Å². The fourth-order valence-corrected chi connectivity index (χ4v) is 4.19. The third kappa shape index (κ3) is 2.02. The third-order valence-electron chi connectivity index (χ3n) is 4.97. The average molecular weight is 343 g/mol. The summed E-state index contributed by atoms with van der Waals surface area (Å²) in [6.45, 7) is 3.33. The van der Waals surface area contributed by atoms with E-state index < -0.39 is 0 Å². The molecule has 2 aromatic rings. The first-order valence-corrected chi connectivity index (χ1v) is 8.27. The van der Waals surface area contributed by atoms with Gasteiger partial charge in [0.2, 0.25) is 0 Å².